The highest BCUT2D eigenvalue weighted by Crippen LogP contribution is 2.34. The summed E-state index contributed by atoms with van der Waals surface area (Å²) in [6.07, 6.45) is 2.45. The number of furan rings is 1. The van der Waals surface area contributed by atoms with Gasteiger partial charge >= 0.3 is 5.97 Å². The Morgan fingerprint density at radius 2 is 2.24 bits per heavy atom. The molecule has 0 aromatic carbocycles. The summed E-state index contributed by atoms with van der Waals surface area (Å²) in [5.74, 6) is 0.167. The van der Waals surface area contributed by atoms with Gasteiger partial charge in [-0.3, -0.25) is 4.79 Å². The number of aliphatic carboxylic acids is 1. The molecule has 8 heteroatoms. The average molecular weight is 292 g/mol. The molecule has 0 spiro atoms. The Bertz CT molecular complexity index is 642. The summed E-state index contributed by atoms with van der Waals surface area (Å²) < 4.78 is 12.2. The van der Waals surface area contributed by atoms with Crippen LogP contribution in [0.25, 0.3) is 11.6 Å². The van der Waals surface area contributed by atoms with Crippen LogP contribution in [0.1, 0.15) is 18.4 Å². The van der Waals surface area contributed by atoms with Crippen LogP contribution in [0.15, 0.2) is 16.7 Å². The third-order valence-electron chi connectivity index (χ3n) is 3.95. The Balaban J connectivity index is 1.93. The van der Waals surface area contributed by atoms with Gasteiger partial charge in [-0.15, -0.1) is 5.10 Å². The van der Waals surface area contributed by atoms with Crippen LogP contribution < -0.4 is 0 Å². The minimum absolute atomic E-state index is 0.203. The molecule has 3 rings (SSSR count). The standard InChI is InChI=1S/C13H16N4O4/c1-9-2-5-21-10(9)11-14-15-16-17(11)8-13(12(18)19)3-6-20-7-4-13/h2,5H,3-4,6-8H2,1H3,(H,18,19). The van der Waals surface area contributed by atoms with Crippen LogP contribution in [-0.2, 0) is 16.1 Å². The lowest BCUT2D eigenvalue weighted by Gasteiger charge is -2.32. The topological polar surface area (TPSA) is 103 Å². The number of tetrazole rings is 1. The number of hydrogen-bond donors (Lipinski definition) is 1. The van der Waals surface area contributed by atoms with Crippen molar-refractivity contribution in [3.63, 3.8) is 0 Å². The molecule has 1 fully saturated rings. The molecule has 0 radical (unpaired) electrons. The summed E-state index contributed by atoms with van der Waals surface area (Å²) in [6, 6.07) is 1.82. The van der Waals surface area contributed by atoms with E-state index in [0.29, 0.717) is 37.6 Å². The molecule has 0 atom stereocenters. The monoisotopic (exact) mass is 292 g/mol. The number of aromatic nitrogens is 4. The molecule has 112 valence electrons. The van der Waals surface area contributed by atoms with E-state index in [1.54, 1.807) is 6.26 Å². The zero-order valence-corrected chi connectivity index (χ0v) is 11.7. The van der Waals surface area contributed by atoms with Gasteiger partial charge in [0.1, 0.15) is 0 Å². The Labute approximate surface area is 120 Å². The maximum atomic E-state index is 11.7. The van der Waals surface area contributed by atoms with E-state index in [4.69, 9.17) is 9.15 Å². The largest absolute Gasteiger partial charge is 0.481 e. The van der Waals surface area contributed by atoms with E-state index >= 15 is 0 Å². The van der Waals surface area contributed by atoms with Crippen molar-refractivity contribution < 1.29 is 19.1 Å². The fourth-order valence-electron chi connectivity index (χ4n) is 2.56. The molecule has 0 saturated carbocycles. The molecule has 1 saturated heterocycles. The first-order valence-corrected chi connectivity index (χ1v) is 6.74. The molecule has 0 unspecified atom stereocenters. The van der Waals surface area contributed by atoms with Crippen molar-refractivity contribution in [3.05, 3.63) is 17.9 Å². The molecule has 21 heavy (non-hydrogen) atoms. The van der Waals surface area contributed by atoms with Crippen LogP contribution in [0.3, 0.4) is 0 Å². The second kappa shape index (κ2) is 5.28. The molecule has 1 N–H and O–H groups in total. The van der Waals surface area contributed by atoms with Crippen molar-refractivity contribution in [1.29, 1.82) is 0 Å². The van der Waals surface area contributed by atoms with E-state index in [0.717, 1.165) is 5.56 Å². The van der Waals surface area contributed by atoms with E-state index in [1.807, 2.05) is 13.0 Å². The highest BCUT2D eigenvalue weighted by molar-refractivity contribution is 5.74. The Kier molecular flexibility index (Phi) is 3.46. The summed E-state index contributed by atoms with van der Waals surface area (Å²) in [7, 11) is 0. The molecule has 3 heterocycles. The summed E-state index contributed by atoms with van der Waals surface area (Å²) in [5, 5.41) is 21.1. The molecular weight excluding hydrogens is 276 g/mol. The number of rotatable bonds is 4. The molecule has 0 amide bonds. The predicted octanol–water partition coefficient (Wildman–Crippen LogP) is 1.12. The van der Waals surface area contributed by atoms with Crippen molar-refractivity contribution in [2.24, 2.45) is 5.41 Å². The minimum atomic E-state index is -0.900. The first kappa shape index (κ1) is 13.7. The predicted molar refractivity (Wildman–Crippen MR) is 70.4 cm³/mol. The number of ether oxygens (including phenoxy) is 1. The van der Waals surface area contributed by atoms with Gasteiger partial charge in [-0.25, -0.2) is 4.68 Å². The van der Waals surface area contributed by atoms with Crippen LogP contribution in [0, 0.1) is 12.3 Å². The highest BCUT2D eigenvalue weighted by atomic mass is 16.5. The second-order valence-electron chi connectivity index (χ2n) is 5.29. The van der Waals surface area contributed by atoms with E-state index in [1.165, 1.54) is 4.68 Å². The van der Waals surface area contributed by atoms with Crippen molar-refractivity contribution in [2.45, 2.75) is 26.3 Å². The van der Waals surface area contributed by atoms with E-state index in [2.05, 4.69) is 15.5 Å². The maximum Gasteiger partial charge on any atom is 0.311 e. The van der Waals surface area contributed by atoms with Crippen LogP contribution in [0.2, 0.25) is 0 Å². The van der Waals surface area contributed by atoms with Gasteiger partial charge in [0.15, 0.2) is 5.76 Å². The van der Waals surface area contributed by atoms with Crippen molar-refractivity contribution in [2.75, 3.05) is 13.2 Å². The molecule has 0 aliphatic carbocycles. The minimum Gasteiger partial charge on any atom is -0.481 e. The fourth-order valence-corrected chi connectivity index (χ4v) is 2.56. The molecule has 2 aromatic rings. The highest BCUT2D eigenvalue weighted by Gasteiger charge is 2.41. The fraction of sp³-hybridized carbons (Fsp3) is 0.538. The number of nitrogens with zero attached hydrogens (tertiary/aromatic N) is 4. The van der Waals surface area contributed by atoms with Crippen LogP contribution in [-0.4, -0.2) is 44.5 Å². The average Bonchev–Trinajstić information content (AvgIpc) is 3.08. The maximum absolute atomic E-state index is 11.7. The van der Waals surface area contributed by atoms with Crippen LogP contribution in [0.5, 0.6) is 0 Å². The number of aryl methyl sites for hydroxylation is 1. The molecule has 1 aliphatic rings. The lowest BCUT2D eigenvalue weighted by molar-refractivity contribution is -0.156. The lowest BCUT2D eigenvalue weighted by Crippen LogP contribution is -2.41. The van der Waals surface area contributed by atoms with E-state index < -0.39 is 11.4 Å². The Morgan fingerprint density at radius 3 is 2.86 bits per heavy atom. The van der Waals surface area contributed by atoms with Gasteiger partial charge in [-0.2, -0.15) is 0 Å². The third kappa shape index (κ3) is 2.42. The number of carboxylic acid groups (broad SMARTS) is 1. The van der Waals surface area contributed by atoms with Gasteiger partial charge in [-0.05, 0) is 41.8 Å². The molecule has 2 aromatic heterocycles. The van der Waals surface area contributed by atoms with Gasteiger partial charge in [0.25, 0.3) is 0 Å². The van der Waals surface area contributed by atoms with Crippen LogP contribution >= 0.6 is 0 Å². The first-order valence-electron chi connectivity index (χ1n) is 6.74. The third-order valence-corrected chi connectivity index (χ3v) is 3.95. The number of hydrogen-bond acceptors (Lipinski definition) is 6. The number of carbonyl (C=O) groups is 1. The normalized spacial score (nSPS) is 17.8. The van der Waals surface area contributed by atoms with Crippen molar-refractivity contribution in [3.8, 4) is 11.6 Å². The van der Waals surface area contributed by atoms with Gasteiger partial charge in [-0.1, -0.05) is 0 Å². The molecule has 8 nitrogen and oxygen atoms in total. The Morgan fingerprint density at radius 1 is 1.48 bits per heavy atom. The molecule has 1 aliphatic heterocycles. The summed E-state index contributed by atoms with van der Waals surface area (Å²) in [4.78, 5) is 11.7. The molecular formula is C13H16N4O4. The zero-order valence-electron chi connectivity index (χ0n) is 11.7. The first-order chi connectivity index (χ1) is 10.1. The summed E-state index contributed by atoms with van der Waals surface area (Å²) in [5.41, 5.74) is 0.00508. The summed E-state index contributed by atoms with van der Waals surface area (Å²) >= 11 is 0. The summed E-state index contributed by atoms with van der Waals surface area (Å²) in [6.45, 7) is 2.96. The number of carboxylic acids is 1. The second-order valence-corrected chi connectivity index (χ2v) is 5.29. The van der Waals surface area contributed by atoms with Crippen molar-refractivity contribution >= 4 is 5.97 Å². The smallest absolute Gasteiger partial charge is 0.311 e. The quantitative estimate of drug-likeness (QED) is 0.900. The van der Waals surface area contributed by atoms with Gasteiger partial charge in [0.05, 0.1) is 18.2 Å². The van der Waals surface area contributed by atoms with Gasteiger partial charge in [0.2, 0.25) is 5.82 Å². The lowest BCUT2D eigenvalue weighted by atomic mass is 9.80. The van der Waals surface area contributed by atoms with Gasteiger partial charge < -0.3 is 14.3 Å². The Hall–Kier alpha value is -2.22. The van der Waals surface area contributed by atoms with Crippen LogP contribution in [0.4, 0.5) is 0 Å². The van der Waals surface area contributed by atoms with E-state index in [-0.39, 0.29) is 6.54 Å². The van der Waals surface area contributed by atoms with E-state index in [9.17, 15) is 9.90 Å². The van der Waals surface area contributed by atoms with Gasteiger partial charge in [0, 0.05) is 13.2 Å². The van der Waals surface area contributed by atoms with Crippen molar-refractivity contribution in [1.82, 2.24) is 20.2 Å². The zero-order chi connectivity index (χ0) is 14.9. The SMILES string of the molecule is Cc1ccoc1-c1nnnn1CC1(C(=O)O)CCOCC1. The molecule has 0 bridgehead atoms.